The van der Waals surface area contributed by atoms with Gasteiger partial charge in [-0.3, -0.25) is 0 Å². The first-order chi connectivity index (χ1) is 10.8. The standard InChI is InChI=1S/C17H17ClN4.CH4/c18-12-5-6-15-16(11-12)21-17(22-9-7-19-8-10-22)13-3-1-2-4-14(13)20-15;/h1-6,11,19-20H,7-10H2;1H4. The van der Waals surface area contributed by atoms with Gasteiger partial charge in [0, 0.05) is 42.5 Å². The van der Waals surface area contributed by atoms with Crippen molar-refractivity contribution in [2.45, 2.75) is 7.43 Å². The average molecular weight is 329 g/mol. The minimum absolute atomic E-state index is 0. The Kier molecular flexibility index (Phi) is 4.55. The SMILES string of the molecule is C.Clc1ccc2c(c1)N=C(N1CCNCC1)c1ccccc1N2. The topological polar surface area (TPSA) is 39.7 Å². The molecule has 0 unspecified atom stereocenters. The van der Waals surface area contributed by atoms with Gasteiger partial charge in [0.2, 0.25) is 0 Å². The van der Waals surface area contributed by atoms with E-state index < -0.39 is 0 Å². The number of rotatable bonds is 0. The molecule has 2 aliphatic heterocycles. The molecule has 2 aliphatic rings. The molecule has 23 heavy (non-hydrogen) atoms. The van der Waals surface area contributed by atoms with Crippen LogP contribution in [0.25, 0.3) is 0 Å². The van der Waals surface area contributed by atoms with Crippen molar-refractivity contribution in [2.24, 2.45) is 4.99 Å². The van der Waals surface area contributed by atoms with Crippen LogP contribution in [0.5, 0.6) is 0 Å². The lowest BCUT2D eigenvalue weighted by Gasteiger charge is -2.30. The molecule has 0 spiro atoms. The Bertz CT molecular complexity index is 736. The Morgan fingerprint density at radius 1 is 1.00 bits per heavy atom. The molecule has 0 saturated carbocycles. The third-order valence-electron chi connectivity index (χ3n) is 4.04. The van der Waals surface area contributed by atoms with Crippen LogP contribution < -0.4 is 10.6 Å². The number of para-hydroxylation sites is 1. The Balaban J connectivity index is 0.00000156. The van der Waals surface area contributed by atoms with Crippen molar-refractivity contribution in [3.8, 4) is 0 Å². The monoisotopic (exact) mass is 328 g/mol. The van der Waals surface area contributed by atoms with Crippen molar-refractivity contribution in [1.29, 1.82) is 0 Å². The molecule has 0 radical (unpaired) electrons. The quantitative estimate of drug-likeness (QED) is 0.767. The number of halogens is 1. The van der Waals surface area contributed by atoms with Gasteiger partial charge in [-0.25, -0.2) is 4.99 Å². The lowest BCUT2D eigenvalue weighted by atomic mass is 10.1. The fourth-order valence-electron chi connectivity index (χ4n) is 2.93. The summed E-state index contributed by atoms with van der Waals surface area (Å²) >= 11 is 6.15. The largest absolute Gasteiger partial charge is 0.353 e. The molecule has 2 heterocycles. The molecule has 0 aliphatic carbocycles. The molecule has 0 bridgehead atoms. The molecule has 1 saturated heterocycles. The number of hydrogen-bond acceptors (Lipinski definition) is 4. The van der Waals surface area contributed by atoms with Crippen LogP contribution in [0.1, 0.15) is 13.0 Å². The van der Waals surface area contributed by atoms with Crippen molar-refractivity contribution in [1.82, 2.24) is 10.2 Å². The molecule has 1 fully saturated rings. The van der Waals surface area contributed by atoms with Gasteiger partial charge in [-0.05, 0) is 30.3 Å². The number of piperazine rings is 1. The molecule has 4 nitrogen and oxygen atoms in total. The van der Waals surface area contributed by atoms with E-state index in [0.717, 1.165) is 54.6 Å². The van der Waals surface area contributed by atoms with Crippen molar-refractivity contribution >= 4 is 34.5 Å². The minimum atomic E-state index is 0. The fraction of sp³-hybridized carbons (Fsp3) is 0.278. The van der Waals surface area contributed by atoms with Crippen LogP contribution in [0.15, 0.2) is 47.5 Å². The van der Waals surface area contributed by atoms with Crippen molar-refractivity contribution in [3.63, 3.8) is 0 Å². The molecule has 2 N–H and O–H groups in total. The van der Waals surface area contributed by atoms with Crippen LogP contribution in [-0.4, -0.2) is 36.9 Å². The summed E-state index contributed by atoms with van der Waals surface area (Å²) in [5, 5.41) is 7.58. The fourth-order valence-corrected chi connectivity index (χ4v) is 3.09. The van der Waals surface area contributed by atoms with E-state index in [2.05, 4.69) is 33.7 Å². The highest BCUT2D eigenvalue weighted by atomic mass is 35.5. The van der Waals surface area contributed by atoms with Crippen LogP contribution in [0.2, 0.25) is 5.02 Å². The van der Waals surface area contributed by atoms with E-state index >= 15 is 0 Å². The highest BCUT2D eigenvalue weighted by molar-refractivity contribution is 6.31. The Morgan fingerprint density at radius 3 is 2.61 bits per heavy atom. The number of hydrogen-bond donors (Lipinski definition) is 2. The summed E-state index contributed by atoms with van der Waals surface area (Å²) in [5.74, 6) is 1.02. The Labute approximate surface area is 142 Å². The smallest absolute Gasteiger partial charge is 0.138 e. The maximum atomic E-state index is 6.15. The maximum Gasteiger partial charge on any atom is 0.138 e. The van der Waals surface area contributed by atoms with Crippen molar-refractivity contribution < 1.29 is 0 Å². The summed E-state index contributed by atoms with van der Waals surface area (Å²) in [4.78, 5) is 7.27. The number of nitrogens with zero attached hydrogens (tertiary/aromatic N) is 2. The summed E-state index contributed by atoms with van der Waals surface area (Å²) in [5.41, 5.74) is 4.09. The first-order valence-corrected chi connectivity index (χ1v) is 7.89. The number of aliphatic imine (C=N–C) groups is 1. The van der Waals surface area contributed by atoms with Crippen LogP contribution >= 0.6 is 11.6 Å². The van der Waals surface area contributed by atoms with Crippen molar-refractivity contribution in [2.75, 3.05) is 31.5 Å². The first-order valence-electron chi connectivity index (χ1n) is 7.51. The third-order valence-corrected chi connectivity index (χ3v) is 4.28. The van der Waals surface area contributed by atoms with Crippen LogP contribution in [0, 0.1) is 0 Å². The van der Waals surface area contributed by atoms with E-state index in [4.69, 9.17) is 16.6 Å². The van der Waals surface area contributed by atoms with Crippen LogP contribution in [-0.2, 0) is 0 Å². The number of benzene rings is 2. The van der Waals surface area contributed by atoms with E-state index in [0.29, 0.717) is 5.02 Å². The van der Waals surface area contributed by atoms with Gasteiger partial charge in [0.05, 0.1) is 11.4 Å². The van der Waals surface area contributed by atoms with Gasteiger partial charge >= 0.3 is 0 Å². The van der Waals surface area contributed by atoms with Crippen molar-refractivity contribution in [3.05, 3.63) is 53.1 Å². The number of amidine groups is 1. The van der Waals surface area contributed by atoms with Crippen LogP contribution in [0.4, 0.5) is 17.1 Å². The molecule has 120 valence electrons. The molecule has 5 heteroatoms. The van der Waals surface area contributed by atoms with Gasteiger partial charge in [-0.15, -0.1) is 0 Å². The van der Waals surface area contributed by atoms with Gasteiger partial charge in [-0.2, -0.15) is 0 Å². The second-order valence-electron chi connectivity index (χ2n) is 5.50. The van der Waals surface area contributed by atoms with E-state index in [1.807, 2.05) is 24.3 Å². The lowest BCUT2D eigenvalue weighted by molar-refractivity contribution is 0.358. The molecular weight excluding hydrogens is 308 g/mol. The van der Waals surface area contributed by atoms with Gasteiger partial charge in [0.1, 0.15) is 5.84 Å². The number of nitrogens with one attached hydrogen (secondary N) is 2. The van der Waals surface area contributed by atoms with E-state index in [9.17, 15) is 0 Å². The van der Waals surface area contributed by atoms with Gasteiger partial charge < -0.3 is 15.5 Å². The predicted octanol–water partition coefficient (Wildman–Crippen LogP) is 4.02. The molecule has 0 aromatic heterocycles. The maximum absolute atomic E-state index is 6.15. The predicted molar refractivity (Wildman–Crippen MR) is 98.5 cm³/mol. The third kappa shape index (κ3) is 3.05. The van der Waals surface area contributed by atoms with E-state index in [1.54, 1.807) is 0 Å². The molecule has 0 amide bonds. The summed E-state index contributed by atoms with van der Waals surface area (Å²) in [6.45, 7) is 3.89. The molecule has 0 atom stereocenters. The number of anilines is 2. The number of fused-ring (bicyclic) bond motifs is 2. The summed E-state index contributed by atoms with van der Waals surface area (Å²) < 4.78 is 0. The normalized spacial score (nSPS) is 16.2. The highest BCUT2D eigenvalue weighted by Gasteiger charge is 2.22. The zero-order valence-corrected chi connectivity index (χ0v) is 12.9. The average Bonchev–Trinajstić information content (AvgIpc) is 2.72. The van der Waals surface area contributed by atoms with Gasteiger partial charge in [0.25, 0.3) is 0 Å². The van der Waals surface area contributed by atoms with E-state index in [1.165, 1.54) is 0 Å². The second kappa shape index (κ2) is 6.60. The lowest BCUT2D eigenvalue weighted by Crippen LogP contribution is -2.46. The summed E-state index contributed by atoms with van der Waals surface area (Å²) in [6, 6.07) is 14.1. The first kappa shape index (κ1) is 15.8. The van der Waals surface area contributed by atoms with E-state index in [-0.39, 0.29) is 7.43 Å². The summed E-state index contributed by atoms with van der Waals surface area (Å²) in [7, 11) is 0. The van der Waals surface area contributed by atoms with Gasteiger partial charge in [0.15, 0.2) is 0 Å². The van der Waals surface area contributed by atoms with Crippen LogP contribution in [0.3, 0.4) is 0 Å². The van der Waals surface area contributed by atoms with Gasteiger partial charge in [-0.1, -0.05) is 31.2 Å². The summed E-state index contributed by atoms with van der Waals surface area (Å²) in [6.07, 6.45) is 0. The Morgan fingerprint density at radius 2 is 1.78 bits per heavy atom. The molecule has 4 rings (SSSR count). The highest BCUT2D eigenvalue weighted by Crippen LogP contribution is 2.36. The zero-order chi connectivity index (χ0) is 14.9. The molecule has 2 aromatic rings. The Hall–Kier alpha value is -2.04. The molecular formula is C18H21ClN4. The minimum Gasteiger partial charge on any atom is -0.353 e. The zero-order valence-electron chi connectivity index (χ0n) is 12.1. The molecule has 2 aromatic carbocycles. The second-order valence-corrected chi connectivity index (χ2v) is 5.94.